The average molecular weight is 379 g/mol. The summed E-state index contributed by atoms with van der Waals surface area (Å²) in [5.41, 5.74) is 0.314. The van der Waals surface area contributed by atoms with E-state index in [2.05, 4.69) is 15.4 Å². The predicted octanol–water partition coefficient (Wildman–Crippen LogP) is 2.92. The van der Waals surface area contributed by atoms with Crippen molar-refractivity contribution in [3.05, 3.63) is 40.4 Å². The van der Waals surface area contributed by atoms with E-state index in [0.29, 0.717) is 34.6 Å². The number of carbonyl (C=O) groups is 2. The first-order chi connectivity index (χ1) is 12.0. The molecule has 3 rings (SSSR count). The largest absolute Gasteiger partial charge is 0.488 e. The minimum absolute atomic E-state index is 0.105. The minimum atomic E-state index is -0.351. The Kier molecular flexibility index (Phi) is 5.30. The molecule has 9 heteroatoms. The number of hydrazone groups is 1. The highest BCUT2D eigenvalue weighted by Crippen LogP contribution is 2.22. The van der Waals surface area contributed by atoms with Gasteiger partial charge in [0.2, 0.25) is 5.91 Å². The fraction of sp³-hybridized carbons (Fsp3) is 0.250. The molecule has 1 aliphatic rings. The summed E-state index contributed by atoms with van der Waals surface area (Å²) in [5.74, 6) is 0.206. The van der Waals surface area contributed by atoms with Gasteiger partial charge in [0.1, 0.15) is 18.1 Å². The molecule has 2 aromatic rings. The van der Waals surface area contributed by atoms with Crippen molar-refractivity contribution >= 4 is 45.6 Å². The second-order valence-corrected chi connectivity index (χ2v) is 6.85. The zero-order valence-electron chi connectivity index (χ0n) is 13.4. The van der Waals surface area contributed by atoms with Crippen molar-refractivity contribution in [2.45, 2.75) is 19.4 Å². The zero-order chi connectivity index (χ0) is 17.8. The Morgan fingerprint density at radius 2 is 2.28 bits per heavy atom. The summed E-state index contributed by atoms with van der Waals surface area (Å²) in [4.78, 5) is 28.6. The maximum absolute atomic E-state index is 12.2. The van der Waals surface area contributed by atoms with Crippen molar-refractivity contribution in [2.75, 3.05) is 12.4 Å². The van der Waals surface area contributed by atoms with Crippen molar-refractivity contribution in [1.29, 1.82) is 0 Å². The fourth-order valence-electron chi connectivity index (χ4n) is 2.15. The molecule has 0 fully saturated rings. The summed E-state index contributed by atoms with van der Waals surface area (Å²) in [6, 6.07) is 7.12. The lowest BCUT2D eigenvalue weighted by Gasteiger charge is -2.18. The Bertz CT molecular complexity index is 836. The van der Waals surface area contributed by atoms with Crippen LogP contribution < -0.4 is 10.1 Å². The molecule has 0 atom stereocenters. The van der Waals surface area contributed by atoms with Crippen LogP contribution in [0.5, 0.6) is 5.75 Å². The molecule has 1 aliphatic heterocycles. The monoisotopic (exact) mass is 378 g/mol. The van der Waals surface area contributed by atoms with Gasteiger partial charge in [-0.1, -0.05) is 29.0 Å². The van der Waals surface area contributed by atoms with Crippen molar-refractivity contribution in [1.82, 2.24) is 9.99 Å². The molecule has 0 bridgehead atoms. The summed E-state index contributed by atoms with van der Waals surface area (Å²) < 4.78 is 5.64. The van der Waals surface area contributed by atoms with E-state index in [0.717, 1.165) is 4.88 Å². The highest BCUT2D eigenvalue weighted by molar-refractivity contribution is 7.15. The fourth-order valence-corrected chi connectivity index (χ4v) is 3.05. The molecule has 25 heavy (non-hydrogen) atoms. The van der Waals surface area contributed by atoms with Gasteiger partial charge < -0.3 is 4.74 Å². The van der Waals surface area contributed by atoms with E-state index < -0.39 is 0 Å². The van der Waals surface area contributed by atoms with Crippen LogP contribution >= 0.6 is 22.9 Å². The Balaban J connectivity index is 1.57. The van der Waals surface area contributed by atoms with Crippen LogP contribution in [0.2, 0.25) is 5.02 Å². The first-order valence-corrected chi connectivity index (χ1v) is 8.69. The number of halogens is 1. The van der Waals surface area contributed by atoms with E-state index in [1.54, 1.807) is 18.3 Å². The van der Waals surface area contributed by atoms with E-state index in [1.807, 2.05) is 12.1 Å². The molecule has 0 unspecified atom stereocenters. The number of thiazole rings is 1. The van der Waals surface area contributed by atoms with Crippen molar-refractivity contribution in [3.8, 4) is 5.75 Å². The number of benzene rings is 1. The molecule has 1 aromatic carbocycles. The van der Waals surface area contributed by atoms with Crippen LogP contribution in [0, 0.1) is 0 Å². The number of aromatic nitrogens is 1. The first kappa shape index (κ1) is 17.4. The smallest absolute Gasteiger partial charge is 0.273 e. The number of carbonyl (C=O) groups excluding carboxylic acids is 2. The van der Waals surface area contributed by atoms with Crippen LogP contribution in [0.25, 0.3) is 0 Å². The van der Waals surface area contributed by atoms with E-state index in [4.69, 9.17) is 16.3 Å². The van der Waals surface area contributed by atoms with Crippen molar-refractivity contribution < 1.29 is 14.3 Å². The predicted molar refractivity (Wildman–Crippen MR) is 96.0 cm³/mol. The molecule has 2 heterocycles. The summed E-state index contributed by atoms with van der Waals surface area (Å²) in [6.45, 7) is 0.325. The third-order valence-corrected chi connectivity index (χ3v) is 4.54. The molecule has 0 radical (unpaired) electrons. The van der Waals surface area contributed by atoms with Gasteiger partial charge in [0, 0.05) is 31.1 Å². The molecule has 0 aliphatic carbocycles. The highest BCUT2D eigenvalue weighted by Gasteiger charge is 2.22. The van der Waals surface area contributed by atoms with E-state index >= 15 is 0 Å². The highest BCUT2D eigenvalue weighted by atomic mass is 35.5. The van der Waals surface area contributed by atoms with Crippen molar-refractivity contribution in [2.24, 2.45) is 5.10 Å². The maximum Gasteiger partial charge on any atom is 0.273 e. The molecular weight excluding hydrogens is 364 g/mol. The lowest BCUT2D eigenvalue weighted by molar-refractivity contribution is -0.130. The Hall–Kier alpha value is -2.45. The van der Waals surface area contributed by atoms with Crippen LogP contribution in [0.3, 0.4) is 0 Å². The second kappa shape index (κ2) is 7.62. The number of hydrogen-bond acceptors (Lipinski definition) is 6. The molecule has 7 nitrogen and oxygen atoms in total. The minimum Gasteiger partial charge on any atom is -0.488 e. The molecule has 1 aromatic heterocycles. The van der Waals surface area contributed by atoms with Gasteiger partial charge in [0.25, 0.3) is 5.91 Å². The number of ether oxygens (including phenoxy) is 1. The number of anilines is 1. The Labute approximate surface area is 153 Å². The molecule has 2 amide bonds. The second-order valence-electron chi connectivity index (χ2n) is 5.30. The van der Waals surface area contributed by atoms with E-state index in [9.17, 15) is 9.59 Å². The standard InChI is InChI=1S/C16H15ClN4O3S/c1-21-14(22)6-5-13(20-21)15(23)19-16-18-8-12(25-16)9-24-11-4-2-3-10(17)7-11/h2-4,7-8H,5-6,9H2,1H3,(H,18,19,23). The van der Waals surface area contributed by atoms with Gasteiger partial charge in [-0.15, -0.1) is 0 Å². The van der Waals surface area contributed by atoms with Gasteiger partial charge in [0.15, 0.2) is 5.13 Å². The summed E-state index contributed by atoms with van der Waals surface area (Å²) in [6.07, 6.45) is 2.24. The summed E-state index contributed by atoms with van der Waals surface area (Å²) in [7, 11) is 1.53. The third kappa shape index (κ3) is 4.55. The number of hydrogen-bond donors (Lipinski definition) is 1. The molecule has 0 spiro atoms. The molecule has 1 N–H and O–H groups in total. The van der Waals surface area contributed by atoms with Crippen LogP contribution in [0.4, 0.5) is 5.13 Å². The normalized spacial score (nSPS) is 14.2. The van der Waals surface area contributed by atoms with Crippen LogP contribution in [0.15, 0.2) is 35.6 Å². The maximum atomic E-state index is 12.2. The van der Waals surface area contributed by atoms with Gasteiger partial charge in [-0.05, 0) is 18.2 Å². The average Bonchev–Trinajstić information content (AvgIpc) is 3.03. The lowest BCUT2D eigenvalue weighted by Crippen LogP contribution is -2.34. The van der Waals surface area contributed by atoms with E-state index in [-0.39, 0.29) is 18.2 Å². The quantitative estimate of drug-likeness (QED) is 0.866. The Morgan fingerprint density at radius 3 is 3.04 bits per heavy atom. The van der Waals surface area contributed by atoms with Gasteiger partial charge in [-0.3, -0.25) is 14.9 Å². The number of nitrogens with zero attached hydrogens (tertiary/aromatic N) is 3. The number of amides is 2. The van der Waals surface area contributed by atoms with Gasteiger partial charge in [-0.25, -0.2) is 9.99 Å². The van der Waals surface area contributed by atoms with Crippen molar-refractivity contribution in [3.63, 3.8) is 0 Å². The molecule has 0 saturated carbocycles. The zero-order valence-corrected chi connectivity index (χ0v) is 14.9. The lowest BCUT2D eigenvalue weighted by atomic mass is 10.1. The Morgan fingerprint density at radius 1 is 1.44 bits per heavy atom. The molecular formula is C16H15ClN4O3S. The van der Waals surface area contributed by atoms with E-state index in [1.165, 1.54) is 23.4 Å². The van der Waals surface area contributed by atoms with Gasteiger partial charge >= 0.3 is 0 Å². The summed E-state index contributed by atoms with van der Waals surface area (Å²) >= 11 is 7.22. The number of rotatable bonds is 5. The molecule has 130 valence electrons. The topological polar surface area (TPSA) is 83.9 Å². The van der Waals surface area contributed by atoms with Crippen LogP contribution in [-0.4, -0.2) is 34.6 Å². The first-order valence-electron chi connectivity index (χ1n) is 7.50. The third-order valence-electron chi connectivity index (χ3n) is 3.42. The molecule has 0 saturated heterocycles. The van der Waals surface area contributed by atoms with Gasteiger partial charge in [0.05, 0.1) is 4.88 Å². The van der Waals surface area contributed by atoms with Gasteiger partial charge in [-0.2, -0.15) is 5.10 Å². The summed E-state index contributed by atoms with van der Waals surface area (Å²) in [5, 5.41) is 8.92. The number of nitrogens with one attached hydrogen (secondary N) is 1. The van der Waals surface area contributed by atoms with Crippen LogP contribution in [-0.2, 0) is 16.2 Å². The SMILES string of the molecule is CN1N=C(C(=O)Nc2ncc(COc3cccc(Cl)c3)s2)CCC1=O. The van der Waals surface area contributed by atoms with Crippen LogP contribution in [0.1, 0.15) is 17.7 Å².